The first-order valence-corrected chi connectivity index (χ1v) is 6.77. The van der Waals surface area contributed by atoms with Crippen molar-refractivity contribution in [1.29, 1.82) is 5.26 Å². The Hall–Kier alpha value is -1.09. The van der Waals surface area contributed by atoms with Crippen molar-refractivity contribution in [2.75, 3.05) is 0 Å². The predicted molar refractivity (Wildman–Crippen MR) is 70.6 cm³/mol. The van der Waals surface area contributed by atoms with Crippen LogP contribution in [0.5, 0.6) is 0 Å². The van der Waals surface area contributed by atoms with Crippen LogP contribution in [0.3, 0.4) is 0 Å². The van der Waals surface area contributed by atoms with Gasteiger partial charge in [-0.1, -0.05) is 0 Å². The molecule has 0 amide bonds. The van der Waals surface area contributed by atoms with Crippen molar-refractivity contribution in [1.82, 2.24) is 4.72 Å². The van der Waals surface area contributed by atoms with Crippen LogP contribution in [-0.4, -0.2) is 9.30 Å². The minimum absolute atomic E-state index is 0.264. The largest absolute Gasteiger partial charge is 0.598 e. The van der Waals surface area contributed by atoms with Crippen molar-refractivity contribution in [3.05, 3.63) is 35.1 Å². The first-order chi connectivity index (χ1) is 8.24. The fourth-order valence-electron chi connectivity index (χ4n) is 1.33. The summed E-state index contributed by atoms with van der Waals surface area (Å²) in [6.45, 7) is 7.36. The number of halogens is 1. The van der Waals surface area contributed by atoms with Crippen LogP contribution in [0.15, 0.2) is 18.2 Å². The van der Waals surface area contributed by atoms with Gasteiger partial charge in [-0.2, -0.15) is 5.26 Å². The number of nitrogens with one attached hydrogen (secondary N) is 1. The molecule has 5 heteroatoms. The van der Waals surface area contributed by atoms with Crippen molar-refractivity contribution in [3.63, 3.8) is 0 Å². The molecule has 3 nitrogen and oxygen atoms in total. The topological polar surface area (TPSA) is 58.9 Å². The van der Waals surface area contributed by atoms with Gasteiger partial charge in [0.15, 0.2) is 0 Å². The highest BCUT2D eigenvalue weighted by Gasteiger charge is 2.28. The second-order valence-corrected chi connectivity index (χ2v) is 7.10. The normalized spacial score (nSPS) is 14.9. The number of hydrogen-bond acceptors (Lipinski definition) is 3. The Kier molecular flexibility index (Phi) is 4.74. The van der Waals surface area contributed by atoms with Crippen LogP contribution in [0.2, 0.25) is 0 Å². The van der Waals surface area contributed by atoms with Gasteiger partial charge in [0.2, 0.25) is 0 Å². The lowest BCUT2D eigenvalue weighted by Gasteiger charge is -2.26. The average Bonchev–Trinajstić information content (AvgIpc) is 2.26. The highest BCUT2D eigenvalue weighted by atomic mass is 32.2. The number of benzene rings is 1. The lowest BCUT2D eigenvalue weighted by atomic mass is 10.1. The Morgan fingerprint density at radius 3 is 2.50 bits per heavy atom. The molecule has 1 aromatic rings. The van der Waals surface area contributed by atoms with E-state index in [1.807, 2.05) is 26.8 Å². The van der Waals surface area contributed by atoms with Crippen molar-refractivity contribution < 1.29 is 8.94 Å². The van der Waals surface area contributed by atoms with E-state index < -0.39 is 17.2 Å². The minimum atomic E-state index is -1.24. The quantitative estimate of drug-likeness (QED) is 0.857. The highest BCUT2D eigenvalue weighted by molar-refractivity contribution is 7.90. The summed E-state index contributed by atoms with van der Waals surface area (Å²) < 4.78 is 27.7. The molecular weight excluding hydrogens is 251 g/mol. The van der Waals surface area contributed by atoms with Gasteiger partial charge in [-0.05, 0) is 51.5 Å². The summed E-state index contributed by atoms with van der Waals surface area (Å²) in [5, 5.41) is 8.78. The number of nitrogens with zero attached hydrogens (tertiary/aromatic N) is 1. The number of hydrogen-bond donors (Lipinski definition) is 1. The van der Waals surface area contributed by atoms with E-state index in [4.69, 9.17) is 5.26 Å². The fourth-order valence-corrected chi connectivity index (χ4v) is 2.14. The van der Waals surface area contributed by atoms with Crippen LogP contribution in [0.4, 0.5) is 4.39 Å². The number of rotatable bonds is 3. The van der Waals surface area contributed by atoms with Crippen LogP contribution in [0.25, 0.3) is 0 Å². The summed E-state index contributed by atoms with van der Waals surface area (Å²) in [4.78, 5) is 0. The van der Waals surface area contributed by atoms with E-state index in [9.17, 15) is 8.94 Å². The smallest absolute Gasteiger partial charge is 0.136 e. The van der Waals surface area contributed by atoms with Gasteiger partial charge in [-0.25, -0.2) is 4.39 Å². The molecule has 1 rings (SSSR count). The average molecular weight is 268 g/mol. The Morgan fingerprint density at radius 2 is 2.00 bits per heavy atom. The van der Waals surface area contributed by atoms with E-state index in [0.29, 0.717) is 5.56 Å². The third-order valence-electron chi connectivity index (χ3n) is 2.39. The molecule has 0 aliphatic rings. The summed E-state index contributed by atoms with van der Waals surface area (Å²) in [7, 11) is 0. The molecule has 0 fully saturated rings. The van der Waals surface area contributed by atoms with Crippen LogP contribution in [0, 0.1) is 17.1 Å². The molecular formula is C13H17FN2OS. The SMILES string of the molecule is C[C@H](N[S+]([O-])C(C)(C)C)c1cc(F)cc(C#N)c1. The van der Waals surface area contributed by atoms with Crippen LogP contribution < -0.4 is 4.72 Å². The molecule has 0 saturated heterocycles. The predicted octanol–water partition coefficient (Wildman–Crippen LogP) is 2.81. The van der Waals surface area contributed by atoms with Gasteiger partial charge in [-0.15, -0.1) is 4.72 Å². The molecule has 0 heterocycles. The zero-order valence-electron chi connectivity index (χ0n) is 11.0. The summed E-state index contributed by atoms with van der Waals surface area (Å²) >= 11 is -1.24. The Bertz CT molecular complexity index is 465. The zero-order chi connectivity index (χ0) is 13.9. The molecule has 2 atom stereocenters. The second-order valence-electron chi connectivity index (χ2n) is 5.11. The van der Waals surface area contributed by atoms with Gasteiger partial charge in [-0.3, -0.25) is 0 Å². The lowest BCUT2D eigenvalue weighted by molar-refractivity contribution is 0.530. The fraction of sp³-hybridized carbons (Fsp3) is 0.462. The monoisotopic (exact) mass is 268 g/mol. The third-order valence-corrected chi connectivity index (χ3v) is 4.07. The maximum absolute atomic E-state index is 13.3. The number of nitriles is 1. The van der Waals surface area contributed by atoms with E-state index in [1.165, 1.54) is 12.1 Å². The molecule has 1 unspecified atom stereocenters. The van der Waals surface area contributed by atoms with E-state index in [1.54, 1.807) is 13.0 Å². The summed E-state index contributed by atoms with van der Waals surface area (Å²) in [6.07, 6.45) is 0. The molecule has 1 N–H and O–H groups in total. The third kappa shape index (κ3) is 3.98. The molecule has 1 aromatic carbocycles. The van der Waals surface area contributed by atoms with Gasteiger partial charge in [0.25, 0.3) is 0 Å². The summed E-state index contributed by atoms with van der Waals surface area (Å²) in [5.41, 5.74) is 0.879. The molecule has 0 bridgehead atoms. The minimum Gasteiger partial charge on any atom is -0.598 e. The first-order valence-electron chi connectivity index (χ1n) is 5.62. The first kappa shape index (κ1) is 15.0. The van der Waals surface area contributed by atoms with Gasteiger partial charge < -0.3 is 4.55 Å². The standard InChI is InChI=1S/C13H17FN2OS/c1-9(16-18(17)13(2,3)4)11-5-10(8-15)6-12(14)7-11/h5-7,9,16H,1-4H3/t9-,18?/m0/s1. The van der Waals surface area contributed by atoms with Gasteiger partial charge >= 0.3 is 0 Å². The lowest BCUT2D eigenvalue weighted by Crippen LogP contribution is -2.40. The maximum Gasteiger partial charge on any atom is 0.136 e. The molecule has 0 aromatic heterocycles. The van der Waals surface area contributed by atoms with E-state index in [-0.39, 0.29) is 16.4 Å². The molecule has 0 aliphatic carbocycles. The van der Waals surface area contributed by atoms with Gasteiger partial charge in [0, 0.05) is 11.4 Å². The molecule has 0 aliphatic heterocycles. The summed E-state index contributed by atoms with van der Waals surface area (Å²) in [6, 6.07) is 5.74. The maximum atomic E-state index is 13.3. The molecule has 18 heavy (non-hydrogen) atoms. The molecule has 0 spiro atoms. The second kappa shape index (κ2) is 5.70. The van der Waals surface area contributed by atoms with Gasteiger partial charge in [0.1, 0.15) is 10.6 Å². The van der Waals surface area contributed by atoms with Crippen molar-refractivity contribution in [3.8, 4) is 6.07 Å². The van der Waals surface area contributed by atoms with Crippen LogP contribution in [0.1, 0.15) is 44.9 Å². The Labute approximate surface area is 110 Å². The van der Waals surface area contributed by atoms with E-state index in [2.05, 4.69) is 4.72 Å². The van der Waals surface area contributed by atoms with Crippen LogP contribution in [-0.2, 0) is 11.4 Å². The van der Waals surface area contributed by atoms with Gasteiger partial charge in [0.05, 0.1) is 17.7 Å². The molecule has 0 saturated carbocycles. The molecule has 98 valence electrons. The van der Waals surface area contributed by atoms with E-state index >= 15 is 0 Å². The Balaban J connectivity index is 2.88. The summed E-state index contributed by atoms with van der Waals surface area (Å²) in [5.74, 6) is -0.459. The van der Waals surface area contributed by atoms with Crippen molar-refractivity contribution in [2.45, 2.75) is 38.5 Å². The van der Waals surface area contributed by atoms with Crippen molar-refractivity contribution in [2.24, 2.45) is 0 Å². The zero-order valence-corrected chi connectivity index (χ0v) is 11.8. The van der Waals surface area contributed by atoms with Crippen LogP contribution >= 0.6 is 0 Å². The van der Waals surface area contributed by atoms with E-state index in [0.717, 1.165) is 0 Å². The molecule has 0 radical (unpaired) electrons. The van der Waals surface area contributed by atoms with Crippen molar-refractivity contribution >= 4 is 11.4 Å². The highest BCUT2D eigenvalue weighted by Crippen LogP contribution is 2.21. The Morgan fingerprint density at radius 1 is 1.39 bits per heavy atom.